The van der Waals surface area contributed by atoms with Gasteiger partial charge in [0.1, 0.15) is 47.6 Å². The summed E-state index contributed by atoms with van der Waals surface area (Å²) in [5.41, 5.74) is -3.01. The molecule has 0 spiro atoms. The molecule has 0 bridgehead atoms. The molecule has 0 N–H and O–H groups in total. The van der Waals surface area contributed by atoms with E-state index in [-0.39, 0.29) is 6.61 Å². The molecule has 140 valence electrons. The lowest BCUT2D eigenvalue weighted by Crippen LogP contribution is -2.34. The Hall–Kier alpha value is -4.60. The van der Waals surface area contributed by atoms with Gasteiger partial charge in [-0.2, -0.15) is 21.0 Å². The van der Waals surface area contributed by atoms with Crippen molar-refractivity contribution < 1.29 is 22.7 Å². The first-order valence-corrected chi connectivity index (χ1v) is 7.67. The first kappa shape index (κ1) is 20.7. The third-order valence-electron chi connectivity index (χ3n) is 3.68. The molecule has 2 aromatic rings. The summed E-state index contributed by atoms with van der Waals surface area (Å²) in [4.78, 5) is 12.5. The molecule has 0 saturated heterocycles. The number of ether oxygens (including phenoxy) is 1. The van der Waals surface area contributed by atoms with Gasteiger partial charge in [0.2, 0.25) is 0 Å². The zero-order chi connectivity index (χ0) is 21.6. The Bertz CT molecular complexity index is 1260. The fourth-order valence-corrected chi connectivity index (χ4v) is 2.38. The minimum Gasteiger partial charge on any atom is -0.457 e. The second-order valence-corrected chi connectivity index (χ2v) is 5.33. The number of halogens is 3. The molecule has 0 fully saturated rings. The highest BCUT2D eigenvalue weighted by Crippen LogP contribution is 2.11. The van der Waals surface area contributed by atoms with Crippen LogP contribution in [0.3, 0.4) is 0 Å². The molecule has 0 amide bonds. The molecular weight excluding hydrogens is 385 g/mol. The third kappa shape index (κ3) is 3.90. The Morgan fingerprint density at radius 3 is 1.79 bits per heavy atom. The summed E-state index contributed by atoms with van der Waals surface area (Å²) in [6, 6.07) is 13.0. The number of benzene rings is 2. The van der Waals surface area contributed by atoms with Crippen molar-refractivity contribution in [2.75, 3.05) is 0 Å². The number of hydrogen-bond acceptors (Lipinski definition) is 6. The number of hydrogen-bond donors (Lipinski definition) is 0. The van der Waals surface area contributed by atoms with Gasteiger partial charge >= 0.3 is 5.97 Å². The molecule has 0 atom stereocenters. The molecule has 9 heteroatoms. The molecule has 6 nitrogen and oxygen atoms in total. The molecule has 29 heavy (non-hydrogen) atoms. The molecule has 0 aliphatic rings. The van der Waals surface area contributed by atoms with Gasteiger partial charge in [-0.05, 0) is 5.56 Å². The zero-order valence-electron chi connectivity index (χ0n) is 14.3. The van der Waals surface area contributed by atoms with Crippen LogP contribution in [0.15, 0.2) is 30.3 Å². The van der Waals surface area contributed by atoms with Crippen molar-refractivity contribution >= 4 is 17.1 Å². The fourth-order valence-electron chi connectivity index (χ4n) is 2.38. The van der Waals surface area contributed by atoms with Crippen molar-refractivity contribution in [1.82, 2.24) is 0 Å². The Labute approximate surface area is 161 Å². The van der Waals surface area contributed by atoms with E-state index in [1.807, 2.05) is 0 Å². The predicted molar refractivity (Wildman–Crippen MR) is 90.4 cm³/mol. The van der Waals surface area contributed by atoms with Crippen molar-refractivity contribution in [2.45, 2.75) is 6.61 Å². The maximum atomic E-state index is 14.9. The lowest BCUT2D eigenvalue weighted by Gasteiger charge is -2.09. The van der Waals surface area contributed by atoms with Crippen LogP contribution in [0.4, 0.5) is 13.2 Å². The van der Waals surface area contributed by atoms with Crippen LogP contribution in [0.1, 0.15) is 15.9 Å². The van der Waals surface area contributed by atoms with E-state index in [1.165, 1.54) is 24.3 Å². The van der Waals surface area contributed by atoms with Gasteiger partial charge in [-0.25, -0.2) is 18.0 Å². The van der Waals surface area contributed by atoms with E-state index in [0.717, 1.165) is 0 Å². The van der Waals surface area contributed by atoms with Crippen molar-refractivity contribution in [2.24, 2.45) is 0 Å². The first-order valence-electron chi connectivity index (χ1n) is 7.67. The molecule has 0 saturated carbocycles. The largest absolute Gasteiger partial charge is 0.457 e. The average molecular weight is 392 g/mol. The number of nitrogens with zero attached hydrogens (tertiary/aromatic N) is 4. The monoisotopic (exact) mass is 392 g/mol. The Kier molecular flexibility index (Phi) is 6.33. The number of esters is 1. The van der Waals surface area contributed by atoms with E-state index in [2.05, 4.69) is 0 Å². The zero-order valence-corrected chi connectivity index (χ0v) is 14.3. The summed E-state index contributed by atoms with van der Waals surface area (Å²) >= 11 is 0. The molecule has 0 radical (unpaired) electrons. The van der Waals surface area contributed by atoms with Gasteiger partial charge in [0.25, 0.3) is 0 Å². The Balaban J connectivity index is 2.88. The smallest absolute Gasteiger partial charge is 0.342 e. The van der Waals surface area contributed by atoms with Gasteiger partial charge in [-0.1, -0.05) is 30.3 Å². The summed E-state index contributed by atoms with van der Waals surface area (Å²) in [7, 11) is 0. The van der Waals surface area contributed by atoms with Crippen LogP contribution >= 0.6 is 0 Å². The molecule has 2 rings (SSSR count). The summed E-state index contributed by atoms with van der Waals surface area (Å²) in [5, 5.41) is 33.1. The highest BCUT2D eigenvalue weighted by Gasteiger charge is 2.27. The second kappa shape index (κ2) is 8.86. The highest BCUT2D eigenvalue weighted by atomic mass is 19.2. The van der Waals surface area contributed by atoms with Gasteiger partial charge in [0.15, 0.2) is 17.5 Å². The van der Waals surface area contributed by atoms with Crippen molar-refractivity contribution in [3.05, 3.63) is 69.3 Å². The van der Waals surface area contributed by atoms with E-state index < -0.39 is 50.6 Å². The van der Waals surface area contributed by atoms with Crippen LogP contribution < -0.4 is 10.4 Å². The van der Waals surface area contributed by atoms with E-state index in [9.17, 15) is 18.0 Å². The first-order chi connectivity index (χ1) is 13.9. The summed E-state index contributed by atoms with van der Waals surface area (Å²) < 4.78 is 48.8. The standard InChI is InChI=1S/C20H7F3N4O2/c21-17-15(13(8-26)9-27)19(23)18(22)14(12(6-24)7-25)16(17)20(28)29-10-11-4-2-1-3-5-11/h1-5H,10H2. The number of rotatable bonds is 3. The summed E-state index contributed by atoms with van der Waals surface area (Å²) in [6.07, 6.45) is 0. The Morgan fingerprint density at radius 1 is 0.793 bits per heavy atom. The van der Waals surface area contributed by atoms with Crippen molar-refractivity contribution in [3.63, 3.8) is 0 Å². The average Bonchev–Trinajstić information content (AvgIpc) is 2.74. The van der Waals surface area contributed by atoms with Gasteiger partial charge in [-0.15, -0.1) is 0 Å². The maximum absolute atomic E-state index is 14.9. The molecule has 0 aliphatic heterocycles. The normalized spacial score (nSPS) is 9.34. The lowest BCUT2D eigenvalue weighted by atomic mass is 10.0. The minimum absolute atomic E-state index is 0.381. The van der Waals surface area contributed by atoms with Crippen LogP contribution in [0.25, 0.3) is 11.1 Å². The van der Waals surface area contributed by atoms with Crippen LogP contribution in [0.5, 0.6) is 0 Å². The molecule has 0 heterocycles. The van der Waals surface area contributed by atoms with E-state index in [0.29, 0.717) is 5.56 Å². The van der Waals surface area contributed by atoms with Crippen molar-refractivity contribution in [3.8, 4) is 24.3 Å². The molecule has 0 aromatic heterocycles. The van der Waals surface area contributed by atoms with Crippen LogP contribution in [0.2, 0.25) is 0 Å². The van der Waals surface area contributed by atoms with Crippen LogP contribution in [-0.4, -0.2) is 5.97 Å². The second-order valence-electron chi connectivity index (χ2n) is 5.33. The molecular formula is C20H7F3N4O2. The number of carbonyl (C=O) groups is 1. The molecule has 0 aliphatic carbocycles. The molecule has 2 aromatic carbocycles. The van der Waals surface area contributed by atoms with Crippen molar-refractivity contribution in [1.29, 1.82) is 21.0 Å². The number of carbonyl (C=O) groups excluding carboxylic acids is 1. The predicted octanol–water partition coefficient (Wildman–Crippen LogP) is 1.86. The van der Waals surface area contributed by atoms with E-state index in [4.69, 9.17) is 25.8 Å². The van der Waals surface area contributed by atoms with Gasteiger partial charge in [-0.3, -0.25) is 0 Å². The van der Waals surface area contributed by atoms with Crippen LogP contribution in [0, 0.1) is 62.8 Å². The third-order valence-corrected chi connectivity index (χ3v) is 3.68. The highest BCUT2D eigenvalue weighted by molar-refractivity contribution is 5.93. The maximum Gasteiger partial charge on any atom is 0.342 e. The van der Waals surface area contributed by atoms with Gasteiger partial charge in [0.05, 0.1) is 10.4 Å². The van der Waals surface area contributed by atoms with Gasteiger partial charge in [0, 0.05) is 0 Å². The molecule has 0 unspecified atom stereocenters. The van der Waals surface area contributed by atoms with Crippen LogP contribution in [-0.2, 0) is 11.3 Å². The van der Waals surface area contributed by atoms with E-state index in [1.54, 1.807) is 30.3 Å². The van der Waals surface area contributed by atoms with Gasteiger partial charge < -0.3 is 4.74 Å². The quantitative estimate of drug-likeness (QED) is 0.580. The van der Waals surface area contributed by atoms with E-state index >= 15 is 0 Å². The minimum atomic E-state index is -1.99. The fraction of sp³-hybridized carbons (Fsp3) is 0.0500. The lowest BCUT2D eigenvalue weighted by molar-refractivity contribution is 0.0464. The topological polar surface area (TPSA) is 121 Å². The summed E-state index contributed by atoms with van der Waals surface area (Å²) in [6.45, 7) is -0.381. The SMILES string of the molecule is N#CC(C#N)=c1c(F)c(F)c(=C(C#N)C#N)c(C(=O)OCc2ccccc2)c1F. The number of nitriles is 4. The Morgan fingerprint density at radius 2 is 1.28 bits per heavy atom. The summed E-state index contributed by atoms with van der Waals surface area (Å²) in [5.74, 6) is -7.23.